The number of nitrogens with one attached hydrogen (secondary N) is 1. The molecule has 0 bridgehead atoms. The van der Waals surface area contributed by atoms with E-state index in [1.54, 1.807) is 24.3 Å². The van der Waals surface area contributed by atoms with Crippen LogP contribution in [0, 0.1) is 11.3 Å². The third kappa shape index (κ3) is 3.24. The first kappa shape index (κ1) is 11.5. The second kappa shape index (κ2) is 5.35. The van der Waals surface area contributed by atoms with E-state index in [9.17, 15) is 4.79 Å². The van der Waals surface area contributed by atoms with Gasteiger partial charge < -0.3 is 5.11 Å². The fourth-order valence-corrected chi connectivity index (χ4v) is 1.37. The van der Waals surface area contributed by atoms with Gasteiger partial charge in [0.25, 0.3) is 0 Å². The Morgan fingerprint density at radius 3 is 2.80 bits per heavy atom. The minimum atomic E-state index is -1.01. The molecule has 2 N–H and O–H groups in total. The highest BCUT2D eigenvalue weighted by Crippen LogP contribution is 2.21. The van der Waals surface area contributed by atoms with E-state index < -0.39 is 12.0 Å². The fourth-order valence-electron chi connectivity index (χ4n) is 1.12. The average molecular weight is 225 g/mol. The molecule has 78 valence electrons. The lowest BCUT2D eigenvalue weighted by Crippen LogP contribution is -2.26. The van der Waals surface area contributed by atoms with Crippen LogP contribution in [0.1, 0.15) is 11.6 Å². The van der Waals surface area contributed by atoms with E-state index in [4.69, 9.17) is 22.0 Å². The number of carboxylic acids is 1. The molecule has 1 atom stereocenters. The van der Waals surface area contributed by atoms with Crippen LogP contribution in [-0.2, 0) is 4.79 Å². The maximum absolute atomic E-state index is 10.3. The van der Waals surface area contributed by atoms with Crippen LogP contribution in [0.3, 0.4) is 0 Å². The fraction of sp³-hybridized carbons (Fsp3) is 0.200. The molecular weight excluding hydrogens is 216 g/mol. The Kier molecular flexibility index (Phi) is 4.10. The lowest BCUT2D eigenvalue weighted by molar-refractivity contribution is -0.136. The van der Waals surface area contributed by atoms with E-state index in [1.165, 1.54) is 0 Å². The Hall–Kier alpha value is -1.57. The van der Waals surface area contributed by atoms with Gasteiger partial charge in [-0.25, -0.2) is 0 Å². The van der Waals surface area contributed by atoms with Gasteiger partial charge in [-0.05, 0) is 6.07 Å². The van der Waals surface area contributed by atoms with Crippen LogP contribution in [-0.4, -0.2) is 17.6 Å². The highest BCUT2D eigenvalue weighted by atomic mass is 35.5. The summed E-state index contributed by atoms with van der Waals surface area (Å²) in [5, 5.41) is 20.3. The van der Waals surface area contributed by atoms with Crippen molar-refractivity contribution in [2.45, 2.75) is 6.04 Å². The van der Waals surface area contributed by atoms with Crippen molar-refractivity contribution in [3.8, 4) is 6.07 Å². The molecule has 0 heterocycles. The number of aliphatic carboxylic acids is 1. The van der Waals surface area contributed by atoms with Crippen molar-refractivity contribution in [1.29, 1.82) is 5.26 Å². The Bertz CT molecular complexity index is 401. The zero-order valence-corrected chi connectivity index (χ0v) is 8.53. The number of halogens is 1. The smallest absolute Gasteiger partial charge is 0.317 e. The quantitative estimate of drug-likeness (QED) is 0.815. The zero-order valence-electron chi connectivity index (χ0n) is 7.77. The van der Waals surface area contributed by atoms with Gasteiger partial charge in [-0.2, -0.15) is 5.26 Å². The minimum absolute atomic E-state index is 0.274. The summed E-state index contributed by atoms with van der Waals surface area (Å²) in [6, 6.07) is 8.09. The number of nitriles is 1. The van der Waals surface area contributed by atoms with E-state index in [0.29, 0.717) is 10.6 Å². The molecular formula is C10H9ClN2O2. The number of carbonyl (C=O) groups is 1. The predicted molar refractivity (Wildman–Crippen MR) is 55.4 cm³/mol. The maximum Gasteiger partial charge on any atom is 0.317 e. The summed E-state index contributed by atoms with van der Waals surface area (Å²) in [6.07, 6.45) is 0. The highest BCUT2D eigenvalue weighted by Gasteiger charge is 2.13. The van der Waals surface area contributed by atoms with Crippen LogP contribution in [0.2, 0.25) is 5.02 Å². The first-order valence-electron chi connectivity index (χ1n) is 4.24. The molecule has 0 fully saturated rings. The molecule has 1 aromatic carbocycles. The second-order valence-electron chi connectivity index (χ2n) is 2.86. The summed E-state index contributed by atoms with van der Waals surface area (Å²) in [5.41, 5.74) is 0.586. The van der Waals surface area contributed by atoms with Gasteiger partial charge in [0.05, 0.1) is 12.6 Å². The van der Waals surface area contributed by atoms with Gasteiger partial charge in [-0.15, -0.1) is 0 Å². The molecule has 1 aromatic rings. The zero-order chi connectivity index (χ0) is 11.3. The Morgan fingerprint density at radius 2 is 2.27 bits per heavy atom. The summed E-state index contributed by atoms with van der Waals surface area (Å²) in [6.45, 7) is -0.274. The second-order valence-corrected chi connectivity index (χ2v) is 3.27. The summed E-state index contributed by atoms with van der Waals surface area (Å²) in [7, 11) is 0. The standard InChI is InChI=1S/C10H9ClN2O2/c11-8-4-2-1-3-7(8)9(5-12)13-6-10(14)15/h1-4,9,13H,6H2,(H,14,15). The molecule has 15 heavy (non-hydrogen) atoms. The number of rotatable bonds is 4. The van der Waals surface area contributed by atoms with E-state index in [-0.39, 0.29) is 6.54 Å². The molecule has 5 heteroatoms. The number of nitrogens with zero attached hydrogens (tertiary/aromatic N) is 1. The Balaban J connectivity index is 2.80. The third-order valence-electron chi connectivity index (χ3n) is 1.80. The lowest BCUT2D eigenvalue weighted by Gasteiger charge is -2.11. The van der Waals surface area contributed by atoms with Crippen molar-refractivity contribution in [2.24, 2.45) is 0 Å². The molecule has 0 aliphatic rings. The van der Waals surface area contributed by atoms with E-state index in [1.807, 2.05) is 6.07 Å². The molecule has 4 nitrogen and oxygen atoms in total. The van der Waals surface area contributed by atoms with Gasteiger partial charge >= 0.3 is 5.97 Å². The molecule has 1 rings (SSSR count). The van der Waals surface area contributed by atoms with Crippen molar-refractivity contribution in [3.63, 3.8) is 0 Å². The van der Waals surface area contributed by atoms with Crippen LogP contribution < -0.4 is 5.32 Å². The van der Waals surface area contributed by atoms with Crippen molar-refractivity contribution >= 4 is 17.6 Å². The Morgan fingerprint density at radius 1 is 1.60 bits per heavy atom. The van der Waals surface area contributed by atoms with Gasteiger partial charge in [-0.1, -0.05) is 29.8 Å². The first-order valence-corrected chi connectivity index (χ1v) is 4.62. The molecule has 0 amide bonds. The molecule has 0 saturated heterocycles. The lowest BCUT2D eigenvalue weighted by atomic mass is 10.1. The van der Waals surface area contributed by atoms with E-state index in [0.717, 1.165) is 0 Å². The van der Waals surface area contributed by atoms with Crippen molar-refractivity contribution < 1.29 is 9.90 Å². The van der Waals surface area contributed by atoms with Gasteiger partial charge in [0.2, 0.25) is 0 Å². The SMILES string of the molecule is N#CC(NCC(=O)O)c1ccccc1Cl. The molecule has 0 spiro atoms. The summed E-state index contributed by atoms with van der Waals surface area (Å²) in [5.74, 6) is -1.01. The van der Waals surface area contributed by atoms with Gasteiger partial charge in [-0.3, -0.25) is 10.1 Å². The highest BCUT2D eigenvalue weighted by molar-refractivity contribution is 6.31. The van der Waals surface area contributed by atoms with E-state index in [2.05, 4.69) is 5.32 Å². The monoisotopic (exact) mass is 224 g/mol. The average Bonchev–Trinajstić information content (AvgIpc) is 2.21. The van der Waals surface area contributed by atoms with E-state index >= 15 is 0 Å². The number of hydrogen-bond donors (Lipinski definition) is 2. The molecule has 0 aromatic heterocycles. The van der Waals surface area contributed by atoms with Crippen LogP contribution in [0.4, 0.5) is 0 Å². The molecule has 0 saturated carbocycles. The Labute approximate surface area is 92.1 Å². The van der Waals surface area contributed by atoms with Gasteiger partial charge in [0, 0.05) is 10.6 Å². The van der Waals surface area contributed by atoms with Crippen LogP contribution >= 0.6 is 11.6 Å². The van der Waals surface area contributed by atoms with Crippen LogP contribution in [0.15, 0.2) is 24.3 Å². The largest absolute Gasteiger partial charge is 0.480 e. The van der Waals surface area contributed by atoms with Crippen molar-refractivity contribution in [3.05, 3.63) is 34.9 Å². The molecule has 0 aliphatic carbocycles. The van der Waals surface area contributed by atoms with Crippen molar-refractivity contribution in [1.82, 2.24) is 5.32 Å². The van der Waals surface area contributed by atoms with Gasteiger partial charge in [0.1, 0.15) is 6.04 Å². The molecule has 0 aliphatic heterocycles. The minimum Gasteiger partial charge on any atom is -0.480 e. The molecule has 0 radical (unpaired) electrons. The number of hydrogen-bond acceptors (Lipinski definition) is 3. The summed E-state index contributed by atoms with van der Waals surface area (Å²) < 4.78 is 0. The van der Waals surface area contributed by atoms with Crippen LogP contribution in [0.5, 0.6) is 0 Å². The van der Waals surface area contributed by atoms with Gasteiger partial charge in [0.15, 0.2) is 0 Å². The topological polar surface area (TPSA) is 73.1 Å². The third-order valence-corrected chi connectivity index (χ3v) is 2.15. The van der Waals surface area contributed by atoms with Crippen molar-refractivity contribution in [2.75, 3.05) is 6.54 Å². The summed E-state index contributed by atoms with van der Waals surface area (Å²) in [4.78, 5) is 10.3. The normalized spacial score (nSPS) is 11.7. The predicted octanol–water partition coefficient (Wildman–Crippen LogP) is 1.58. The molecule has 1 unspecified atom stereocenters. The summed E-state index contributed by atoms with van der Waals surface area (Å²) >= 11 is 5.87. The number of benzene rings is 1. The maximum atomic E-state index is 10.3. The van der Waals surface area contributed by atoms with Crippen LogP contribution in [0.25, 0.3) is 0 Å². The first-order chi connectivity index (χ1) is 7.15. The number of carboxylic acid groups (broad SMARTS) is 1.